The average Bonchev–Trinajstić information content (AvgIpc) is 2.51. The Morgan fingerprint density at radius 3 is 2.46 bits per heavy atom. The third kappa shape index (κ3) is 3.70. The number of unbranched alkanes of at least 4 members (excludes halogenated alkanes) is 1. The lowest BCUT2D eigenvalue weighted by molar-refractivity contribution is -0.170. The Kier molecular flexibility index (Phi) is 4.91. The predicted octanol–water partition coefficient (Wildman–Crippen LogP) is 4.61. The summed E-state index contributed by atoms with van der Waals surface area (Å²) < 4.78 is 0. The molecule has 0 spiro atoms. The van der Waals surface area contributed by atoms with Crippen LogP contribution in [0.4, 0.5) is 0 Å². The molecule has 1 amide bonds. The molecule has 3 unspecified atom stereocenters. The molecule has 3 heteroatoms. The van der Waals surface area contributed by atoms with E-state index in [1.54, 1.807) is 0 Å². The van der Waals surface area contributed by atoms with E-state index in [0.717, 1.165) is 44.1 Å². The molecule has 5 rings (SSSR count). The molecule has 0 aromatic carbocycles. The van der Waals surface area contributed by atoms with Crippen molar-refractivity contribution in [2.45, 2.75) is 85.0 Å². The summed E-state index contributed by atoms with van der Waals surface area (Å²) in [6, 6.07) is 0. The van der Waals surface area contributed by atoms with E-state index in [-0.39, 0.29) is 5.41 Å². The second-order valence-electron chi connectivity index (χ2n) is 11.4. The van der Waals surface area contributed by atoms with Crippen molar-refractivity contribution in [3.63, 3.8) is 0 Å². The van der Waals surface area contributed by atoms with Gasteiger partial charge in [0, 0.05) is 13.1 Å². The van der Waals surface area contributed by atoms with Crippen LogP contribution in [-0.4, -0.2) is 37.0 Å². The van der Waals surface area contributed by atoms with E-state index in [1.807, 2.05) is 0 Å². The van der Waals surface area contributed by atoms with Crippen LogP contribution in [0.25, 0.3) is 0 Å². The Morgan fingerprint density at radius 2 is 1.81 bits per heavy atom. The topological polar surface area (TPSA) is 32.3 Å². The number of hydrogen-bond acceptors (Lipinski definition) is 2. The molecular weight excluding hydrogens is 320 g/mol. The van der Waals surface area contributed by atoms with Crippen LogP contribution in [0.15, 0.2) is 0 Å². The van der Waals surface area contributed by atoms with Crippen molar-refractivity contribution in [1.29, 1.82) is 0 Å². The molecule has 3 nitrogen and oxygen atoms in total. The standard InChI is InChI=1S/C23H40N2O/c1-18-7-6-10-25(14-18)9-5-4-8-24-20(26)23-13-19-11-21(2,16-23)15-22(3,12-19)17-23/h18-19H,4-17H2,1-3H3,(H,24,26). The Hall–Kier alpha value is -0.570. The lowest BCUT2D eigenvalue weighted by Crippen LogP contribution is -2.59. The van der Waals surface area contributed by atoms with Crippen LogP contribution in [0.2, 0.25) is 0 Å². The van der Waals surface area contributed by atoms with Gasteiger partial charge in [-0.15, -0.1) is 0 Å². The molecule has 1 aliphatic heterocycles. The number of amides is 1. The van der Waals surface area contributed by atoms with Crippen LogP contribution < -0.4 is 5.32 Å². The van der Waals surface area contributed by atoms with Crippen molar-refractivity contribution in [2.24, 2.45) is 28.1 Å². The molecule has 4 aliphatic carbocycles. The maximum Gasteiger partial charge on any atom is 0.226 e. The van der Waals surface area contributed by atoms with Crippen molar-refractivity contribution in [3.8, 4) is 0 Å². The fraction of sp³-hybridized carbons (Fsp3) is 0.957. The lowest BCUT2D eigenvalue weighted by atomic mass is 9.40. The van der Waals surface area contributed by atoms with Crippen LogP contribution in [0, 0.1) is 28.1 Å². The molecule has 1 N–H and O–H groups in total. The summed E-state index contributed by atoms with van der Waals surface area (Å²) >= 11 is 0. The van der Waals surface area contributed by atoms with E-state index in [2.05, 4.69) is 31.0 Å². The smallest absolute Gasteiger partial charge is 0.226 e. The summed E-state index contributed by atoms with van der Waals surface area (Å²) in [5, 5.41) is 3.36. The van der Waals surface area contributed by atoms with Gasteiger partial charge >= 0.3 is 0 Å². The van der Waals surface area contributed by atoms with Gasteiger partial charge < -0.3 is 10.2 Å². The Balaban J connectivity index is 1.24. The summed E-state index contributed by atoms with van der Waals surface area (Å²) in [6.45, 7) is 11.9. The Morgan fingerprint density at radius 1 is 1.08 bits per heavy atom. The number of nitrogens with one attached hydrogen (secondary N) is 1. The van der Waals surface area contributed by atoms with Gasteiger partial charge in [0.1, 0.15) is 0 Å². The van der Waals surface area contributed by atoms with E-state index in [0.29, 0.717) is 16.7 Å². The van der Waals surface area contributed by atoms with Gasteiger partial charge in [-0.25, -0.2) is 0 Å². The molecule has 0 aromatic rings. The normalized spacial score (nSPS) is 45.0. The van der Waals surface area contributed by atoms with Crippen LogP contribution in [0.1, 0.15) is 85.0 Å². The molecule has 3 atom stereocenters. The van der Waals surface area contributed by atoms with Gasteiger partial charge in [0.15, 0.2) is 0 Å². The highest BCUT2D eigenvalue weighted by atomic mass is 16.2. The number of nitrogens with zero attached hydrogens (tertiary/aromatic N) is 1. The molecule has 5 fully saturated rings. The maximum atomic E-state index is 13.2. The minimum Gasteiger partial charge on any atom is -0.356 e. The zero-order valence-corrected chi connectivity index (χ0v) is 17.4. The molecule has 0 radical (unpaired) electrons. The highest BCUT2D eigenvalue weighted by Crippen LogP contribution is 2.69. The van der Waals surface area contributed by atoms with E-state index in [1.165, 1.54) is 58.2 Å². The van der Waals surface area contributed by atoms with Gasteiger partial charge in [-0.1, -0.05) is 20.8 Å². The number of hydrogen-bond donors (Lipinski definition) is 1. The van der Waals surface area contributed by atoms with E-state index >= 15 is 0 Å². The average molecular weight is 361 g/mol. The van der Waals surface area contributed by atoms with Gasteiger partial charge in [0.25, 0.3) is 0 Å². The molecule has 5 aliphatic rings. The monoisotopic (exact) mass is 360 g/mol. The van der Waals surface area contributed by atoms with Gasteiger partial charge in [-0.2, -0.15) is 0 Å². The van der Waals surface area contributed by atoms with E-state index in [9.17, 15) is 4.79 Å². The fourth-order valence-electron chi connectivity index (χ4n) is 8.04. The summed E-state index contributed by atoms with van der Waals surface area (Å²) in [4.78, 5) is 15.8. The van der Waals surface area contributed by atoms with Gasteiger partial charge in [-0.05, 0) is 100.0 Å². The molecule has 4 saturated carbocycles. The molecular formula is C23H40N2O. The highest BCUT2D eigenvalue weighted by Gasteiger charge is 2.62. The third-order valence-electron chi connectivity index (χ3n) is 8.04. The van der Waals surface area contributed by atoms with Gasteiger partial charge in [0.2, 0.25) is 5.91 Å². The number of rotatable bonds is 6. The van der Waals surface area contributed by atoms with Crippen molar-refractivity contribution in [2.75, 3.05) is 26.2 Å². The summed E-state index contributed by atoms with van der Waals surface area (Å²) in [6.07, 6.45) is 12.6. The molecule has 1 saturated heterocycles. The molecule has 0 aromatic heterocycles. The summed E-state index contributed by atoms with van der Waals surface area (Å²) in [5.74, 6) is 2.06. The van der Waals surface area contributed by atoms with E-state index < -0.39 is 0 Å². The Bertz CT molecular complexity index is 526. The van der Waals surface area contributed by atoms with Gasteiger partial charge in [0.05, 0.1) is 5.41 Å². The van der Waals surface area contributed by atoms with Crippen LogP contribution in [0.3, 0.4) is 0 Å². The van der Waals surface area contributed by atoms with Crippen LogP contribution >= 0.6 is 0 Å². The second-order valence-corrected chi connectivity index (χ2v) is 11.4. The Labute approximate surface area is 160 Å². The number of piperidine rings is 1. The van der Waals surface area contributed by atoms with Crippen LogP contribution in [-0.2, 0) is 4.79 Å². The van der Waals surface area contributed by atoms with Crippen molar-refractivity contribution in [1.82, 2.24) is 10.2 Å². The molecule has 26 heavy (non-hydrogen) atoms. The SMILES string of the molecule is CC1CCCN(CCCCNC(=O)C23CC4CC(C)(CC(C)(C4)C2)C3)C1. The zero-order valence-electron chi connectivity index (χ0n) is 17.4. The van der Waals surface area contributed by atoms with Gasteiger partial charge in [-0.3, -0.25) is 4.79 Å². The minimum absolute atomic E-state index is 0.0365. The first-order valence-electron chi connectivity index (χ1n) is 11.3. The van der Waals surface area contributed by atoms with Crippen molar-refractivity contribution >= 4 is 5.91 Å². The predicted molar refractivity (Wildman–Crippen MR) is 107 cm³/mol. The molecule has 1 heterocycles. The molecule has 4 bridgehead atoms. The number of likely N-dealkylation sites (tertiary alicyclic amines) is 1. The fourth-order valence-corrected chi connectivity index (χ4v) is 8.04. The molecule has 148 valence electrons. The highest BCUT2D eigenvalue weighted by molar-refractivity contribution is 5.83. The summed E-state index contributed by atoms with van der Waals surface area (Å²) in [5.41, 5.74) is 0.818. The first-order chi connectivity index (χ1) is 12.3. The first-order valence-corrected chi connectivity index (χ1v) is 11.3. The van der Waals surface area contributed by atoms with Crippen molar-refractivity contribution < 1.29 is 4.79 Å². The third-order valence-corrected chi connectivity index (χ3v) is 8.04. The number of carbonyl (C=O) groups is 1. The van der Waals surface area contributed by atoms with Crippen LogP contribution in [0.5, 0.6) is 0 Å². The minimum atomic E-state index is -0.0365. The second kappa shape index (κ2) is 6.79. The van der Waals surface area contributed by atoms with E-state index in [4.69, 9.17) is 0 Å². The van der Waals surface area contributed by atoms with Crippen molar-refractivity contribution in [3.05, 3.63) is 0 Å². The lowest BCUT2D eigenvalue weighted by Gasteiger charge is -2.64. The number of carbonyl (C=O) groups excluding carboxylic acids is 1. The first kappa shape index (κ1) is 18.8. The quantitative estimate of drug-likeness (QED) is 0.702. The largest absolute Gasteiger partial charge is 0.356 e. The summed E-state index contributed by atoms with van der Waals surface area (Å²) in [7, 11) is 0. The maximum absolute atomic E-state index is 13.2. The zero-order chi connectivity index (χ0) is 18.4.